The highest BCUT2D eigenvalue weighted by Gasteiger charge is 2.29. The number of hydrogen-bond donors (Lipinski definition) is 7. The number of aliphatic hydroxyl groups excluding tert-OH is 2. The number of aliphatic hydroxyl groups is 2. The van der Waals surface area contributed by atoms with Crippen molar-refractivity contribution in [3.8, 4) is 0 Å². The molecule has 0 bridgehead atoms. The second-order valence-corrected chi connectivity index (χ2v) is 2.73. The van der Waals surface area contributed by atoms with Crippen molar-refractivity contribution >= 4 is 0 Å². The van der Waals surface area contributed by atoms with E-state index in [4.69, 9.17) is 21.8 Å². The van der Waals surface area contributed by atoms with Gasteiger partial charge in [-0.05, 0) is 0 Å². The number of nitrogens with two attached hydrogens (primary N) is 2. The molecule has 0 unspecified atom stereocenters. The fraction of sp³-hybridized carbons (Fsp3) is 0.333. The molecule has 0 atom stereocenters. The molecule has 9 N–H and O–H groups in total. The Morgan fingerprint density at radius 3 is 2.33 bits per heavy atom. The Morgan fingerprint density at radius 2 is 1.80 bits per heavy atom. The van der Waals surface area contributed by atoms with Crippen LogP contribution < -0.4 is 16.8 Å². The molecular weight excluding hydrogens is 206 g/mol. The summed E-state index contributed by atoms with van der Waals surface area (Å²) in [6, 6.07) is 0. The van der Waals surface area contributed by atoms with E-state index in [1.165, 1.54) is 0 Å². The lowest BCUT2D eigenvalue weighted by Gasteiger charge is -2.32. The second kappa shape index (κ2) is 4.13. The molecule has 0 saturated heterocycles. The fourth-order valence-corrected chi connectivity index (χ4v) is 1.02. The summed E-state index contributed by atoms with van der Waals surface area (Å²) in [5, 5.41) is 38.7. The number of nitrogens with zero attached hydrogens (tertiary/aromatic N) is 2. The average molecular weight is 219 g/mol. The van der Waals surface area contributed by atoms with Crippen molar-refractivity contribution in [3.05, 3.63) is 23.1 Å². The minimum absolute atomic E-state index is 0.0191. The van der Waals surface area contributed by atoms with Crippen molar-refractivity contribution in [2.24, 2.45) is 11.5 Å². The van der Waals surface area contributed by atoms with Crippen molar-refractivity contribution in [2.45, 2.75) is 0 Å². The monoisotopic (exact) mass is 219 g/mol. The molecule has 1 aliphatic rings. The van der Waals surface area contributed by atoms with Crippen LogP contribution in [0.4, 0.5) is 0 Å². The zero-order chi connectivity index (χ0) is 11.6. The van der Waals surface area contributed by atoms with Crippen LogP contribution in [0.1, 0.15) is 0 Å². The fourth-order valence-electron chi connectivity index (χ4n) is 1.02. The normalized spacial score (nSPS) is 17.5. The molecule has 15 heavy (non-hydrogen) atoms. The van der Waals surface area contributed by atoms with Crippen LogP contribution in [0.15, 0.2) is 23.1 Å². The Hall–Kier alpha value is -1.84. The van der Waals surface area contributed by atoms with Crippen LogP contribution in [-0.2, 0) is 0 Å². The Bertz CT molecular complexity index is 315. The molecule has 1 aliphatic heterocycles. The first-order valence-corrected chi connectivity index (χ1v) is 4.02. The van der Waals surface area contributed by atoms with E-state index in [2.05, 4.69) is 5.32 Å². The molecule has 1 rings (SSSR count). The first kappa shape index (κ1) is 11.2. The van der Waals surface area contributed by atoms with E-state index >= 15 is 0 Å². The molecule has 0 amide bonds. The van der Waals surface area contributed by atoms with Gasteiger partial charge in [0, 0.05) is 6.54 Å². The van der Waals surface area contributed by atoms with E-state index in [9.17, 15) is 10.3 Å². The highest BCUT2D eigenvalue weighted by Crippen LogP contribution is 2.19. The summed E-state index contributed by atoms with van der Waals surface area (Å²) < 4.78 is 0. The van der Waals surface area contributed by atoms with Crippen molar-refractivity contribution in [1.82, 2.24) is 15.7 Å². The molecule has 0 fully saturated rings. The molecule has 9 heteroatoms. The Labute approximate surface area is 85.0 Å². The van der Waals surface area contributed by atoms with Gasteiger partial charge in [-0.3, -0.25) is 10.4 Å². The number of hydroxylamine groups is 2. The first-order valence-electron chi connectivity index (χ1n) is 4.02. The number of hydrogen-bond acceptors (Lipinski definition) is 9. The predicted octanol–water partition coefficient (Wildman–Crippen LogP) is -2.31. The largest absolute Gasteiger partial charge is 0.490 e. The topological polar surface area (TPSA) is 151 Å². The first-order chi connectivity index (χ1) is 7.00. The van der Waals surface area contributed by atoms with Crippen LogP contribution in [0, 0.1) is 0 Å². The quantitative estimate of drug-likeness (QED) is 0.277. The highest BCUT2D eigenvalue weighted by molar-refractivity contribution is 5.33. The smallest absolute Gasteiger partial charge is 0.261 e. The number of hydrazine groups is 1. The van der Waals surface area contributed by atoms with E-state index in [1.54, 1.807) is 0 Å². The van der Waals surface area contributed by atoms with Gasteiger partial charge >= 0.3 is 0 Å². The molecule has 86 valence electrons. The van der Waals surface area contributed by atoms with Crippen LogP contribution in [-0.4, -0.2) is 44.1 Å². The van der Waals surface area contributed by atoms with Gasteiger partial charge in [-0.1, -0.05) is 5.17 Å². The van der Waals surface area contributed by atoms with E-state index < -0.39 is 5.88 Å². The maximum absolute atomic E-state index is 9.24. The molecule has 0 aromatic carbocycles. The summed E-state index contributed by atoms with van der Waals surface area (Å²) >= 11 is 0. The zero-order valence-electron chi connectivity index (χ0n) is 7.75. The molecule has 9 nitrogen and oxygen atoms in total. The van der Waals surface area contributed by atoms with Gasteiger partial charge in [0.2, 0.25) is 0 Å². The van der Waals surface area contributed by atoms with Crippen LogP contribution in [0.2, 0.25) is 0 Å². The molecular formula is C6H13N5O4. The van der Waals surface area contributed by atoms with Crippen molar-refractivity contribution in [2.75, 3.05) is 13.2 Å². The van der Waals surface area contributed by atoms with Gasteiger partial charge in [0.05, 0.1) is 6.61 Å². The molecule has 0 aromatic rings. The van der Waals surface area contributed by atoms with Crippen LogP contribution in [0.5, 0.6) is 0 Å². The van der Waals surface area contributed by atoms with Gasteiger partial charge in [0.25, 0.3) is 5.88 Å². The second-order valence-electron chi connectivity index (χ2n) is 2.73. The third-order valence-corrected chi connectivity index (χ3v) is 1.76. The lowest BCUT2D eigenvalue weighted by atomic mass is 10.3. The lowest BCUT2D eigenvalue weighted by Crippen LogP contribution is -2.47. The minimum Gasteiger partial charge on any atom is -0.490 e. The summed E-state index contributed by atoms with van der Waals surface area (Å²) in [6.07, 6.45) is 0. The molecule has 0 aromatic heterocycles. The summed E-state index contributed by atoms with van der Waals surface area (Å²) in [5.74, 6) is -1.08. The van der Waals surface area contributed by atoms with E-state index in [-0.39, 0.29) is 40.7 Å². The third-order valence-electron chi connectivity index (χ3n) is 1.76. The highest BCUT2D eigenvalue weighted by atomic mass is 16.7. The van der Waals surface area contributed by atoms with Gasteiger partial charge in [-0.2, -0.15) is 0 Å². The molecule has 0 spiro atoms. The standard InChI is InChI=1S/C6H13N5O4/c7-3-4(9-1-2-12)5(8)10(14)11(15)6(3)13/h9,12-15H,1-2,7-8H2. The SMILES string of the molecule is NC1=C(O)N(O)N(O)C(N)=C1NCCO. The van der Waals surface area contributed by atoms with Gasteiger partial charge in [0.15, 0.2) is 5.82 Å². The van der Waals surface area contributed by atoms with E-state index in [0.717, 1.165) is 0 Å². The lowest BCUT2D eigenvalue weighted by molar-refractivity contribution is -0.346. The third kappa shape index (κ3) is 1.83. The van der Waals surface area contributed by atoms with Crippen molar-refractivity contribution < 1.29 is 20.6 Å². The molecule has 1 heterocycles. The van der Waals surface area contributed by atoms with Gasteiger partial charge in [-0.25, -0.2) is 0 Å². The Balaban J connectivity index is 3.00. The molecule has 0 aliphatic carbocycles. The van der Waals surface area contributed by atoms with Gasteiger partial charge in [-0.15, -0.1) is 5.17 Å². The van der Waals surface area contributed by atoms with Crippen LogP contribution in [0.3, 0.4) is 0 Å². The number of nitrogens with one attached hydrogen (secondary N) is 1. The maximum Gasteiger partial charge on any atom is 0.261 e. The molecule has 0 radical (unpaired) electrons. The van der Waals surface area contributed by atoms with Crippen LogP contribution >= 0.6 is 0 Å². The summed E-state index contributed by atoms with van der Waals surface area (Å²) in [5.41, 5.74) is 10.6. The van der Waals surface area contributed by atoms with E-state index in [0.29, 0.717) is 0 Å². The predicted molar refractivity (Wildman–Crippen MR) is 47.4 cm³/mol. The minimum atomic E-state index is -0.771. The Morgan fingerprint density at radius 1 is 1.20 bits per heavy atom. The number of rotatable bonds is 3. The Kier molecular flexibility index (Phi) is 3.09. The maximum atomic E-state index is 9.24. The van der Waals surface area contributed by atoms with Gasteiger partial charge < -0.3 is 27.0 Å². The van der Waals surface area contributed by atoms with Crippen molar-refractivity contribution in [3.63, 3.8) is 0 Å². The zero-order valence-corrected chi connectivity index (χ0v) is 7.75. The van der Waals surface area contributed by atoms with Crippen molar-refractivity contribution in [1.29, 1.82) is 0 Å². The summed E-state index contributed by atoms with van der Waals surface area (Å²) in [6.45, 7) is -0.0532. The average Bonchev–Trinajstić information content (AvgIpc) is 2.24. The van der Waals surface area contributed by atoms with Gasteiger partial charge in [0.1, 0.15) is 11.4 Å². The summed E-state index contributed by atoms with van der Waals surface area (Å²) in [4.78, 5) is 0. The molecule has 0 saturated carbocycles. The van der Waals surface area contributed by atoms with Crippen LogP contribution in [0.25, 0.3) is 0 Å². The summed E-state index contributed by atoms with van der Waals surface area (Å²) in [7, 11) is 0. The van der Waals surface area contributed by atoms with E-state index in [1.807, 2.05) is 0 Å².